The normalized spacial score (nSPS) is 14.9. The largest absolute Gasteiger partial charge is 0.314 e. The minimum Gasteiger partial charge on any atom is -0.314 e. The van der Waals surface area contributed by atoms with Gasteiger partial charge in [0, 0.05) is 29.8 Å². The standard InChI is InChI=1S/C23H19Cl2N3O2S/c1-23(2)15-11-14(6-8-19(15)28(3)21(23)30)18-12-31-22(26-18)27-20(29)9-5-13-4-7-16(24)17(25)10-13/h4-12H,1-3H3,(H,26,27,29)/b9-5+. The maximum atomic E-state index is 12.5. The summed E-state index contributed by atoms with van der Waals surface area (Å²) in [5.41, 5.74) is 3.72. The zero-order chi connectivity index (χ0) is 22.3. The van der Waals surface area contributed by atoms with E-state index in [-0.39, 0.29) is 11.8 Å². The second-order valence-corrected chi connectivity index (χ2v) is 9.43. The van der Waals surface area contributed by atoms with Gasteiger partial charge in [-0.15, -0.1) is 11.3 Å². The second-order valence-electron chi connectivity index (χ2n) is 7.76. The van der Waals surface area contributed by atoms with Crippen molar-refractivity contribution >= 4 is 63.2 Å². The first-order valence-electron chi connectivity index (χ1n) is 9.49. The summed E-state index contributed by atoms with van der Waals surface area (Å²) in [6.07, 6.45) is 3.07. The van der Waals surface area contributed by atoms with E-state index in [9.17, 15) is 9.59 Å². The van der Waals surface area contributed by atoms with Gasteiger partial charge in [-0.05, 0) is 55.3 Å². The van der Waals surface area contributed by atoms with E-state index >= 15 is 0 Å². The first-order chi connectivity index (χ1) is 14.7. The highest BCUT2D eigenvalue weighted by Gasteiger charge is 2.42. The third-order valence-corrected chi connectivity index (χ3v) is 6.77. The Morgan fingerprint density at radius 1 is 1.16 bits per heavy atom. The van der Waals surface area contributed by atoms with Crippen molar-refractivity contribution in [2.24, 2.45) is 0 Å². The SMILES string of the molecule is CN1C(=O)C(C)(C)c2cc(-c3csc(NC(=O)/C=C/c4ccc(Cl)c(Cl)c4)n3)ccc21. The zero-order valence-electron chi connectivity index (χ0n) is 17.1. The Balaban J connectivity index is 1.50. The fraction of sp³-hybridized carbons (Fsp3) is 0.174. The van der Waals surface area contributed by atoms with Crippen molar-refractivity contribution in [3.05, 3.63) is 69.0 Å². The van der Waals surface area contributed by atoms with E-state index < -0.39 is 5.41 Å². The molecule has 0 aliphatic carbocycles. The number of carbonyl (C=O) groups is 2. The molecule has 0 saturated heterocycles. The number of aromatic nitrogens is 1. The van der Waals surface area contributed by atoms with Gasteiger partial charge < -0.3 is 4.90 Å². The number of amides is 2. The number of likely N-dealkylation sites (N-methyl/N-ethyl adjacent to an activating group) is 1. The van der Waals surface area contributed by atoms with Crippen molar-refractivity contribution in [1.82, 2.24) is 4.98 Å². The van der Waals surface area contributed by atoms with Crippen LogP contribution >= 0.6 is 34.5 Å². The monoisotopic (exact) mass is 471 g/mol. The van der Waals surface area contributed by atoms with Gasteiger partial charge in [-0.25, -0.2) is 4.98 Å². The van der Waals surface area contributed by atoms with Crippen LogP contribution in [0.4, 0.5) is 10.8 Å². The number of nitrogens with zero attached hydrogens (tertiary/aromatic N) is 2. The lowest BCUT2D eigenvalue weighted by atomic mass is 9.85. The lowest BCUT2D eigenvalue weighted by Gasteiger charge is -2.16. The molecule has 0 spiro atoms. The summed E-state index contributed by atoms with van der Waals surface area (Å²) in [5, 5.41) is 6.04. The van der Waals surface area contributed by atoms with Gasteiger partial charge in [0.15, 0.2) is 5.13 Å². The van der Waals surface area contributed by atoms with Crippen LogP contribution in [0, 0.1) is 0 Å². The molecule has 1 aliphatic rings. The van der Waals surface area contributed by atoms with Crippen LogP contribution < -0.4 is 10.2 Å². The maximum Gasteiger partial charge on any atom is 0.250 e. The minimum atomic E-state index is -0.581. The molecule has 1 aliphatic heterocycles. The Hall–Kier alpha value is -2.67. The molecule has 2 aromatic carbocycles. The minimum absolute atomic E-state index is 0.0691. The van der Waals surface area contributed by atoms with Crippen LogP contribution in [0.25, 0.3) is 17.3 Å². The predicted molar refractivity (Wildman–Crippen MR) is 128 cm³/mol. The van der Waals surface area contributed by atoms with Crippen LogP contribution in [0.5, 0.6) is 0 Å². The number of hydrogen-bond donors (Lipinski definition) is 1. The van der Waals surface area contributed by atoms with Crippen molar-refractivity contribution in [2.75, 3.05) is 17.3 Å². The average molecular weight is 472 g/mol. The first-order valence-corrected chi connectivity index (χ1v) is 11.1. The van der Waals surface area contributed by atoms with E-state index in [0.29, 0.717) is 15.2 Å². The molecule has 1 aromatic heterocycles. The van der Waals surface area contributed by atoms with E-state index in [1.807, 2.05) is 37.4 Å². The second kappa shape index (κ2) is 8.11. The summed E-state index contributed by atoms with van der Waals surface area (Å²) in [5.74, 6) is -0.228. The van der Waals surface area contributed by atoms with E-state index in [1.165, 1.54) is 17.4 Å². The number of rotatable bonds is 4. The molecule has 1 N–H and O–H groups in total. The molecule has 0 atom stereocenters. The molecule has 0 radical (unpaired) electrons. The van der Waals surface area contributed by atoms with Crippen LogP contribution in [-0.4, -0.2) is 23.8 Å². The first kappa shape index (κ1) is 21.6. The lowest BCUT2D eigenvalue weighted by molar-refractivity contribution is -0.121. The van der Waals surface area contributed by atoms with E-state index in [2.05, 4.69) is 10.3 Å². The molecule has 0 saturated carbocycles. The molecule has 158 valence electrons. The van der Waals surface area contributed by atoms with Crippen molar-refractivity contribution in [3.8, 4) is 11.3 Å². The fourth-order valence-electron chi connectivity index (χ4n) is 3.53. The Morgan fingerprint density at radius 2 is 1.94 bits per heavy atom. The summed E-state index contributed by atoms with van der Waals surface area (Å²) in [4.78, 5) is 31.0. The number of halogens is 2. The van der Waals surface area contributed by atoms with Crippen LogP contribution in [-0.2, 0) is 15.0 Å². The highest BCUT2D eigenvalue weighted by Crippen LogP contribution is 2.42. The highest BCUT2D eigenvalue weighted by atomic mass is 35.5. The molecule has 2 amide bonds. The molecular formula is C23H19Cl2N3O2S. The van der Waals surface area contributed by atoms with Gasteiger partial charge in [-0.2, -0.15) is 0 Å². The van der Waals surface area contributed by atoms with Crippen molar-refractivity contribution in [3.63, 3.8) is 0 Å². The smallest absolute Gasteiger partial charge is 0.250 e. The van der Waals surface area contributed by atoms with Gasteiger partial charge in [0.2, 0.25) is 11.8 Å². The number of carbonyl (C=O) groups excluding carboxylic acids is 2. The van der Waals surface area contributed by atoms with E-state index in [4.69, 9.17) is 23.2 Å². The van der Waals surface area contributed by atoms with Gasteiger partial charge in [0.1, 0.15) is 0 Å². The number of nitrogens with one attached hydrogen (secondary N) is 1. The molecule has 4 rings (SSSR count). The van der Waals surface area contributed by atoms with Crippen LogP contribution in [0.2, 0.25) is 10.0 Å². The molecule has 2 heterocycles. The quantitative estimate of drug-likeness (QED) is 0.472. The summed E-state index contributed by atoms with van der Waals surface area (Å²) in [6, 6.07) is 11.0. The van der Waals surface area contributed by atoms with Gasteiger partial charge in [0.25, 0.3) is 0 Å². The van der Waals surface area contributed by atoms with Gasteiger partial charge >= 0.3 is 0 Å². The highest BCUT2D eigenvalue weighted by molar-refractivity contribution is 7.14. The fourth-order valence-corrected chi connectivity index (χ4v) is 4.56. The Morgan fingerprint density at radius 3 is 2.68 bits per heavy atom. The van der Waals surface area contributed by atoms with Crippen LogP contribution in [0.15, 0.2) is 47.9 Å². The molecule has 0 fully saturated rings. The summed E-state index contributed by atoms with van der Waals surface area (Å²) in [7, 11) is 1.79. The van der Waals surface area contributed by atoms with Crippen molar-refractivity contribution < 1.29 is 9.59 Å². The van der Waals surface area contributed by atoms with Crippen LogP contribution in [0.3, 0.4) is 0 Å². The maximum absolute atomic E-state index is 12.5. The number of fused-ring (bicyclic) bond motifs is 1. The summed E-state index contributed by atoms with van der Waals surface area (Å²) >= 11 is 13.2. The number of hydrogen-bond acceptors (Lipinski definition) is 4. The lowest BCUT2D eigenvalue weighted by Crippen LogP contribution is -2.33. The molecule has 3 aromatic rings. The molecule has 5 nitrogen and oxygen atoms in total. The number of anilines is 2. The van der Waals surface area contributed by atoms with Gasteiger partial charge in [-0.1, -0.05) is 35.3 Å². The summed E-state index contributed by atoms with van der Waals surface area (Å²) in [6.45, 7) is 3.85. The molecule has 8 heteroatoms. The Labute approximate surface area is 194 Å². The zero-order valence-corrected chi connectivity index (χ0v) is 19.4. The van der Waals surface area contributed by atoms with Gasteiger partial charge in [0.05, 0.1) is 21.2 Å². The molecule has 31 heavy (non-hydrogen) atoms. The third kappa shape index (κ3) is 4.11. The molecular weight excluding hydrogens is 453 g/mol. The van der Waals surface area contributed by atoms with E-state index in [0.717, 1.165) is 28.1 Å². The van der Waals surface area contributed by atoms with Crippen molar-refractivity contribution in [1.29, 1.82) is 0 Å². The Kier molecular flexibility index (Phi) is 5.64. The number of benzene rings is 2. The van der Waals surface area contributed by atoms with Gasteiger partial charge in [-0.3, -0.25) is 14.9 Å². The average Bonchev–Trinajstić information content (AvgIpc) is 3.27. The Bertz CT molecular complexity index is 1230. The number of thiazole rings is 1. The molecule has 0 unspecified atom stereocenters. The van der Waals surface area contributed by atoms with Crippen molar-refractivity contribution in [2.45, 2.75) is 19.3 Å². The molecule has 0 bridgehead atoms. The third-order valence-electron chi connectivity index (χ3n) is 5.27. The predicted octanol–water partition coefficient (Wildman–Crippen LogP) is 6.02. The topological polar surface area (TPSA) is 62.3 Å². The van der Waals surface area contributed by atoms with Crippen LogP contribution in [0.1, 0.15) is 25.0 Å². The summed E-state index contributed by atoms with van der Waals surface area (Å²) < 4.78 is 0. The van der Waals surface area contributed by atoms with E-state index in [1.54, 1.807) is 36.2 Å².